The Labute approximate surface area is 135 Å². The van der Waals surface area contributed by atoms with Crippen LogP contribution in [0.4, 0.5) is 0 Å². The Morgan fingerprint density at radius 2 is 1.25 bits per heavy atom. The quantitative estimate of drug-likeness (QED) is 0.734. The van der Waals surface area contributed by atoms with E-state index in [1.807, 2.05) is 51.0 Å². The minimum absolute atomic E-state index is 0. The maximum absolute atomic E-state index is 4.09. The van der Waals surface area contributed by atoms with Gasteiger partial charge >= 0.3 is 17.1 Å². The Morgan fingerprint density at radius 3 is 1.75 bits per heavy atom. The van der Waals surface area contributed by atoms with Gasteiger partial charge in [0.05, 0.1) is 0 Å². The normalized spacial score (nSPS) is 18.0. The van der Waals surface area contributed by atoms with Crippen LogP contribution in [0.1, 0.15) is 5.56 Å². The van der Waals surface area contributed by atoms with Gasteiger partial charge in [-0.05, 0) is 69.8 Å². The van der Waals surface area contributed by atoms with Gasteiger partial charge in [-0.1, -0.05) is 42.5 Å². The van der Waals surface area contributed by atoms with E-state index < -0.39 is 0 Å². The summed E-state index contributed by atoms with van der Waals surface area (Å²) in [4.78, 5) is 0. The third kappa shape index (κ3) is 6.29. The predicted molar refractivity (Wildman–Crippen MR) is 81.2 cm³/mol. The van der Waals surface area contributed by atoms with Gasteiger partial charge in [-0.2, -0.15) is 0 Å². The molecule has 1 aromatic carbocycles. The smallest absolute Gasteiger partial charge is 0.0989 e. The first-order valence-electron chi connectivity index (χ1n) is 6.47. The summed E-state index contributed by atoms with van der Waals surface area (Å²) in [6, 6.07) is 10.4. The number of hydrogen-bond acceptors (Lipinski definition) is 0. The number of rotatable bonds is 3. The Hall–Kier alpha value is -0.521. The van der Waals surface area contributed by atoms with E-state index >= 15 is 0 Å². The van der Waals surface area contributed by atoms with E-state index in [4.69, 9.17) is 0 Å². The zero-order valence-electron chi connectivity index (χ0n) is 11.4. The Bertz CT molecular complexity index is 351. The van der Waals surface area contributed by atoms with E-state index in [9.17, 15) is 0 Å². The summed E-state index contributed by atoms with van der Waals surface area (Å²) in [6.45, 7) is 4.09. The molecular weight excluding hydrogens is 284 g/mol. The maximum atomic E-state index is 4.09. The van der Waals surface area contributed by atoms with Crippen LogP contribution in [0, 0.1) is 63.7 Å². The molecule has 2 saturated carbocycles. The van der Waals surface area contributed by atoms with Crippen molar-refractivity contribution < 1.29 is 17.1 Å². The van der Waals surface area contributed by atoms with Gasteiger partial charge in [0.1, 0.15) is 0 Å². The van der Waals surface area contributed by atoms with E-state index in [2.05, 4.69) is 43.7 Å². The van der Waals surface area contributed by atoms with Crippen molar-refractivity contribution >= 4 is 0 Å². The van der Waals surface area contributed by atoms with E-state index in [0.717, 1.165) is 6.42 Å². The molecular formula is C19H18Fe+2. The van der Waals surface area contributed by atoms with Gasteiger partial charge in [-0.3, -0.25) is 0 Å². The Balaban J connectivity index is 0.000000283. The molecule has 0 heterocycles. The van der Waals surface area contributed by atoms with Crippen LogP contribution in [-0.2, 0) is 23.5 Å². The van der Waals surface area contributed by atoms with Crippen molar-refractivity contribution in [2.24, 2.45) is 0 Å². The summed E-state index contributed by atoms with van der Waals surface area (Å²) < 4.78 is 0. The van der Waals surface area contributed by atoms with Gasteiger partial charge in [0, 0.05) is 5.92 Å². The van der Waals surface area contributed by atoms with Gasteiger partial charge in [0.15, 0.2) is 0 Å². The van der Waals surface area contributed by atoms with Crippen LogP contribution >= 0.6 is 0 Å². The topological polar surface area (TPSA) is 0 Å². The molecule has 1 heteroatoms. The van der Waals surface area contributed by atoms with Crippen molar-refractivity contribution in [3.05, 3.63) is 112 Å². The molecule has 0 amide bonds. The molecule has 20 heavy (non-hydrogen) atoms. The molecule has 100 valence electrons. The van der Waals surface area contributed by atoms with E-state index in [1.165, 1.54) is 17.1 Å². The number of benzene rings is 1. The Kier molecular flexibility index (Phi) is 8.98. The zero-order chi connectivity index (χ0) is 13.3. The van der Waals surface area contributed by atoms with Crippen LogP contribution in [0.15, 0.2) is 42.5 Å². The number of hydrogen-bond donors (Lipinski definition) is 0. The van der Waals surface area contributed by atoms with Gasteiger partial charge in [0.2, 0.25) is 0 Å². The zero-order valence-corrected chi connectivity index (χ0v) is 12.5. The third-order valence-corrected chi connectivity index (χ3v) is 2.89. The van der Waals surface area contributed by atoms with Crippen LogP contribution in [0.2, 0.25) is 0 Å². The van der Waals surface area contributed by atoms with E-state index in [1.54, 1.807) is 0 Å². The van der Waals surface area contributed by atoms with Crippen LogP contribution < -0.4 is 0 Å². The van der Waals surface area contributed by atoms with Gasteiger partial charge in [-0.15, -0.1) is 0 Å². The molecule has 0 spiro atoms. The molecule has 0 bridgehead atoms. The summed E-state index contributed by atoms with van der Waals surface area (Å²) in [5.41, 5.74) is 2.50. The first-order valence-corrected chi connectivity index (χ1v) is 6.47. The van der Waals surface area contributed by atoms with Crippen LogP contribution in [0.5, 0.6) is 0 Å². The van der Waals surface area contributed by atoms with Gasteiger partial charge < -0.3 is 0 Å². The van der Waals surface area contributed by atoms with Gasteiger partial charge in [0.25, 0.3) is 0 Å². The first-order chi connectivity index (χ1) is 9.36. The van der Waals surface area contributed by atoms with E-state index in [-0.39, 0.29) is 17.1 Å². The van der Waals surface area contributed by atoms with Crippen molar-refractivity contribution in [2.45, 2.75) is 6.42 Å². The average Bonchev–Trinajstić information content (AvgIpc) is 3.16. The monoisotopic (exact) mass is 302 g/mol. The van der Waals surface area contributed by atoms with Crippen molar-refractivity contribution in [3.8, 4) is 0 Å². The summed E-state index contributed by atoms with van der Waals surface area (Å²) >= 11 is 0. The second-order valence-corrected chi connectivity index (χ2v) is 4.40. The van der Waals surface area contributed by atoms with Crippen molar-refractivity contribution in [2.75, 3.05) is 0 Å². The summed E-state index contributed by atoms with van der Waals surface area (Å²) in [5, 5.41) is 0. The van der Waals surface area contributed by atoms with Crippen LogP contribution in [0.25, 0.3) is 0 Å². The Morgan fingerprint density at radius 1 is 0.750 bits per heavy atom. The maximum Gasteiger partial charge on any atom is 2.00 e. The first kappa shape index (κ1) is 17.5. The molecule has 0 aromatic heterocycles. The van der Waals surface area contributed by atoms with Gasteiger partial charge in [-0.25, -0.2) is 0 Å². The fourth-order valence-corrected chi connectivity index (χ4v) is 1.87. The summed E-state index contributed by atoms with van der Waals surface area (Å²) in [5.74, 6) is 1.24. The van der Waals surface area contributed by atoms with E-state index in [0.29, 0.717) is 0 Å². The molecule has 0 nitrogen and oxygen atoms in total. The second kappa shape index (κ2) is 10.2. The molecule has 0 N–H and O–H groups in total. The van der Waals surface area contributed by atoms with Crippen molar-refractivity contribution in [1.82, 2.24) is 0 Å². The largest absolute Gasteiger partial charge is 2.00 e. The minimum Gasteiger partial charge on any atom is -0.0989 e. The second-order valence-electron chi connectivity index (χ2n) is 4.40. The third-order valence-electron chi connectivity index (χ3n) is 2.89. The fourth-order valence-electron chi connectivity index (χ4n) is 1.87. The molecule has 2 fully saturated rings. The molecule has 2 aliphatic carbocycles. The van der Waals surface area contributed by atoms with Crippen LogP contribution in [0.3, 0.4) is 0 Å². The van der Waals surface area contributed by atoms with Crippen molar-refractivity contribution in [1.29, 1.82) is 0 Å². The molecule has 0 atom stereocenters. The molecule has 2 aliphatic rings. The average molecular weight is 302 g/mol. The standard InChI is InChI=1S/C14H13.C5H5.Fe/c1-12(14-9-5-6-10-14)11-13-7-3-2-4-8-13;1-2-4-5-3-1;/h2-10H,1,11H2;1-5H;/q;;+2. The summed E-state index contributed by atoms with van der Waals surface area (Å²) in [6.07, 6.45) is 19.2. The molecule has 0 aliphatic heterocycles. The van der Waals surface area contributed by atoms with Crippen LogP contribution in [-0.4, -0.2) is 0 Å². The molecule has 0 saturated heterocycles. The van der Waals surface area contributed by atoms with Crippen molar-refractivity contribution in [3.63, 3.8) is 0 Å². The predicted octanol–water partition coefficient (Wildman–Crippen LogP) is 4.21. The SMILES string of the molecule is C=C(Cc1ccccc1)[C]1[CH][CH][CH][CH]1.[CH]1[CH][CH][CH][CH]1.[Fe+2]. The molecule has 1 aromatic rings. The number of allylic oxidation sites excluding steroid dienone is 1. The molecule has 10 radical (unpaired) electrons. The molecule has 3 rings (SSSR count). The summed E-state index contributed by atoms with van der Waals surface area (Å²) in [7, 11) is 0. The fraction of sp³-hybridized carbons (Fsp3) is 0.0526. The minimum atomic E-state index is 0. The molecule has 0 unspecified atom stereocenters.